The number of aliphatic carboxylic acids is 1. The molecule has 0 aromatic heterocycles. The van der Waals surface area contributed by atoms with E-state index in [2.05, 4.69) is 13.8 Å². The zero-order valence-electron chi connectivity index (χ0n) is 8.86. The van der Waals surface area contributed by atoms with Crippen molar-refractivity contribution in [2.24, 2.45) is 11.3 Å². The van der Waals surface area contributed by atoms with Crippen molar-refractivity contribution in [2.75, 3.05) is 0 Å². The van der Waals surface area contributed by atoms with Crippen molar-refractivity contribution in [3.8, 4) is 0 Å². The molecule has 2 nitrogen and oxygen atoms in total. The van der Waals surface area contributed by atoms with Crippen LogP contribution in [0.15, 0.2) is 0 Å². The predicted octanol–water partition coefficient (Wildman–Crippen LogP) is 2.92. The predicted molar refractivity (Wildman–Crippen MR) is 50.1 cm³/mol. The maximum absolute atomic E-state index is 10.9. The van der Waals surface area contributed by atoms with E-state index < -0.39 is 11.4 Å². The fraction of sp³-hybridized carbons (Fsp3) is 0.900. The molecule has 13 heavy (non-hydrogen) atoms. The molecule has 0 amide bonds. The van der Waals surface area contributed by atoms with E-state index in [0.29, 0.717) is 5.92 Å². The molecule has 83 valence electrons. The van der Waals surface area contributed by atoms with Gasteiger partial charge in [-0.1, -0.05) is 20.8 Å². The molecule has 0 aromatic rings. The van der Waals surface area contributed by atoms with Gasteiger partial charge in [-0.3, -0.25) is 4.79 Å². The Morgan fingerprint density at radius 3 is 2.15 bits per heavy atom. The van der Waals surface area contributed by atoms with Gasteiger partial charge in [0.15, 0.2) is 0 Å². The second-order valence-corrected chi connectivity index (χ2v) is 4.15. The zero-order valence-corrected chi connectivity index (χ0v) is 10.3. The molecule has 3 heteroatoms. The van der Waals surface area contributed by atoms with Gasteiger partial charge < -0.3 is 5.11 Å². The molecule has 0 bridgehead atoms. The van der Waals surface area contributed by atoms with Crippen LogP contribution in [-0.2, 0) is 27.2 Å². The van der Waals surface area contributed by atoms with Crippen LogP contribution in [0.5, 0.6) is 0 Å². The number of hydrogen-bond acceptors (Lipinski definition) is 1. The molecule has 0 fully saturated rings. The molecule has 0 saturated heterocycles. The molecule has 0 aliphatic rings. The molecule has 0 rings (SSSR count). The van der Waals surface area contributed by atoms with Crippen molar-refractivity contribution in [1.82, 2.24) is 0 Å². The summed E-state index contributed by atoms with van der Waals surface area (Å²) in [6.07, 6.45) is 2.50. The Hall–Kier alpha value is 0.210. The Morgan fingerprint density at radius 1 is 1.46 bits per heavy atom. The molecular formula is C10H20AgO2. The van der Waals surface area contributed by atoms with Crippen LogP contribution in [0.3, 0.4) is 0 Å². The average molecular weight is 280 g/mol. The van der Waals surface area contributed by atoms with Crippen LogP contribution in [0.2, 0.25) is 0 Å². The second kappa shape index (κ2) is 6.63. The van der Waals surface area contributed by atoms with E-state index in [1.54, 1.807) is 0 Å². The first-order chi connectivity index (χ1) is 5.42. The van der Waals surface area contributed by atoms with E-state index in [9.17, 15) is 4.79 Å². The number of hydrogen-bond donors (Lipinski definition) is 1. The quantitative estimate of drug-likeness (QED) is 0.786. The summed E-state index contributed by atoms with van der Waals surface area (Å²) in [5.74, 6) is -0.0686. The molecule has 0 aliphatic carbocycles. The van der Waals surface area contributed by atoms with Crippen molar-refractivity contribution >= 4 is 5.97 Å². The first-order valence-corrected chi connectivity index (χ1v) is 4.65. The fourth-order valence-electron chi connectivity index (χ4n) is 1.04. The fourth-order valence-corrected chi connectivity index (χ4v) is 1.04. The van der Waals surface area contributed by atoms with Gasteiger partial charge in [0.25, 0.3) is 0 Å². The summed E-state index contributed by atoms with van der Waals surface area (Å²) in [7, 11) is 0. The van der Waals surface area contributed by atoms with Crippen molar-refractivity contribution in [3.05, 3.63) is 0 Å². The average Bonchev–Trinajstić information content (AvgIpc) is 1.99. The molecule has 0 heterocycles. The van der Waals surface area contributed by atoms with E-state index >= 15 is 0 Å². The summed E-state index contributed by atoms with van der Waals surface area (Å²) in [6, 6.07) is 0. The van der Waals surface area contributed by atoms with Crippen molar-refractivity contribution < 1.29 is 32.3 Å². The zero-order chi connectivity index (χ0) is 9.78. The Bertz CT molecular complexity index is 157. The largest absolute Gasteiger partial charge is 0.481 e. The van der Waals surface area contributed by atoms with Gasteiger partial charge >= 0.3 is 5.97 Å². The van der Waals surface area contributed by atoms with Crippen LogP contribution < -0.4 is 0 Å². The first kappa shape index (κ1) is 15.7. The summed E-state index contributed by atoms with van der Waals surface area (Å²) in [4.78, 5) is 10.9. The summed E-state index contributed by atoms with van der Waals surface area (Å²) in [6.45, 7) is 8.02. The van der Waals surface area contributed by atoms with Gasteiger partial charge in [0.05, 0.1) is 5.41 Å². The summed E-state index contributed by atoms with van der Waals surface area (Å²) < 4.78 is 0. The molecule has 0 spiro atoms. The monoisotopic (exact) mass is 279 g/mol. The Labute approximate surface area is 96.6 Å². The SMILES string of the molecule is CCC(C)(CCC(C)C)C(=O)O.[Ag]. The van der Waals surface area contributed by atoms with Gasteiger partial charge in [-0.15, -0.1) is 0 Å². The summed E-state index contributed by atoms with van der Waals surface area (Å²) in [5, 5.41) is 8.95. The van der Waals surface area contributed by atoms with Gasteiger partial charge in [0, 0.05) is 22.4 Å². The number of rotatable bonds is 5. The topological polar surface area (TPSA) is 37.3 Å². The summed E-state index contributed by atoms with van der Waals surface area (Å²) in [5.41, 5.74) is -0.510. The molecule has 1 unspecified atom stereocenters. The van der Waals surface area contributed by atoms with Crippen molar-refractivity contribution in [3.63, 3.8) is 0 Å². The van der Waals surface area contributed by atoms with Crippen LogP contribution in [0, 0.1) is 11.3 Å². The van der Waals surface area contributed by atoms with Gasteiger partial charge in [-0.05, 0) is 32.1 Å². The van der Waals surface area contributed by atoms with Crippen LogP contribution in [0.1, 0.15) is 47.0 Å². The van der Waals surface area contributed by atoms with E-state index in [-0.39, 0.29) is 22.4 Å². The van der Waals surface area contributed by atoms with Crippen LogP contribution in [0.25, 0.3) is 0 Å². The van der Waals surface area contributed by atoms with E-state index in [1.807, 2.05) is 13.8 Å². The molecule has 0 saturated carbocycles. The van der Waals surface area contributed by atoms with E-state index in [0.717, 1.165) is 19.3 Å². The summed E-state index contributed by atoms with van der Waals surface area (Å²) >= 11 is 0. The van der Waals surface area contributed by atoms with E-state index in [1.165, 1.54) is 0 Å². The molecular weight excluding hydrogens is 260 g/mol. The van der Waals surface area contributed by atoms with Gasteiger partial charge in [-0.25, -0.2) is 0 Å². The normalized spacial score (nSPS) is 14.8. The van der Waals surface area contributed by atoms with Gasteiger partial charge in [-0.2, -0.15) is 0 Å². The van der Waals surface area contributed by atoms with Gasteiger partial charge in [0.2, 0.25) is 0 Å². The Balaban J connectivity index is 0. The van der Waals surface area contributed by atoms with Gasteiger partial charge in [0.1, 0.15) is 0 Å². The molecule has 1 N–H and O–H groups in total. The number of carbonyl (C=O) groups is 1. The Morgan fingerprint density at radius 2 is 1.92 bits per heavy atom. The third-order valence-corrected chi connectivity index (χ3v) is 2.57. The molecule has 0 aliphatic heterocycles. The Kier molecular flexibility index (Phi) is 8.00. The molecule has 1 radical (unpaired) electrons. The minimum atomic E-state index is -0.661. The number of carboxylic acids is 1. The third-order valence-electron chi connectivity index (χ3n) is 2.57. The maximum Gasteiger partial charge on any atom is 0.309 e. The standard InChI is InChI=1S/C10H20O2.Ag/c1-5-10(4,9(11)12)7-6-8(2)3;/h8H,5-7H2,1-4H3,(H,11,12);. The van der Waals surface area contributed by atoms with Crippen LogP contribution >= 0.6 is 0 Å². The maximum atomic E-state index is 10.9. The van der Waals surface area contributed by atoms with Crippen molar-refractivity contribution in [1.29, 1.82) is 0 Å². The minimum absolute atomic E-state index is 0. The smallest absolute Gasteiger partial charge is 0.309 e. The second-order valence-electron chi connectivity index (χ2n) is 4.15. The molecule has 0 aromatic carbocycles. The van der Waals surface area contributed by atoms with E-state index in [4.69, 9.17) is 5.11 Å². The first-order valence-electron chi connectivity index (χ1n) is 4.65. The van der Waals surface area contributed by atoms with Crippen LogP contribution in [0.4, 0.5) is 0 Å². The molecule has 1 atom stereocenters. The van der Waals surface area contributed by atoms with Crippen molar-refractivity contribution in [2.45, 2.75) is 47.0 Å². The third kappa shape index (κ3) is 5.50. The van der Waals surface area contributed by atoms with Crippen LogP contribution in [-0.4, -0.2) is 11.1 Å². The minimum Gasteiger partial charge on any atom is -0.481 e. The number of carboxylic acid groups (broad SMARTS) is 1.